The van der Waals surface area contributed by atoms with E-state index in [4.69, 9.17) is 17.0 Å². The predicted molar refractivity (Wildman–Crippen MR) is 72.8 cm³/mol. The molecule has 1 aromatic rings. The standard InChI is InChI=1S/C10H14BrN3OS/c1-7-5-8(11)9(13-6-7)14-10(16)12-3-4-15-2/h5-6H,3-4H2,1-2H3,(H2,12,13,14,16). The Morgan fingerprint density at radius 2 is 2.38 bits per heavy atom. The Balaban J connectivity index is 2.49. The van der Waals surface area contributed by atoms with Crippen LogP contribution in [0.15, 0.2) is 16.7 Å². The van der Waals surface area contributed by atoms with Gasteiger partial charge in [0.2, 0.25) is 0 Å². The summed E-state index contributed by atoms with van der Waals surface area (Å²) < 4.78 is 5.80. The minimum Gasteiger partial charge on any atom is -0.383 e. The molecule has 2 N–H and O–H groups in total. The monoisotopic (exact) mass is 303 g/mol. The lowest BCUT2D eigenvalue weighted by molar-refractivity contribution is 0.204. The van der Waals surface area contributed by atoms with Crippen LogP contribution < -0.4 is 10.6 Å². The van der Waals surface area contributed by atoms with E-state index in [1.807, 2.05) is 13.0 Å². The van der Waals surface area contributed by atoms with Crippen molar-refractivity contribution in [1.29, 1.82) is 0 Å². The fraction of sp³-hybridized carbons (Fsp3) is 0.400. The number of aromatic nitrogens is 1. The zero-order valence-electron chi connectivity index (χ0n) is 9.21. The average molecular weight is 304 g/mol. The van der Waals surface area contributed by atoms with Crippen molar-refractivity contribution in [2.45, 2.75) is 6.92 Å². The zero-order chi connectivity index (χ0) is 12.0. The summed E-state index contributed by atoms with van der Waals surface area (Å²) in [5.41, 5.74) is 1.09. The maximum Gasteiger partial charge on any atom is 0.172 e. The van der Waals surface area contributed by atoms with Crippen LogP contribution in [0, 0.1) is 6.92 Å². The van der Waals surface area contributed by atoms with Crippen molar-refractivity contribution in [3.05, 3.63) is 22.3 Å². The molecule has 0 aliphatic rings. The second kappa shape index (κ2) is 6.78. The van der Waals surface area contributed by atoms with E-state index in [9.17, 15) is 0 Å². The fourth-order valence-corrected chi connectivity index (χ4v) is 1.81. The summed E-state index contributed by atoms with van der Waals surface area (Å²) in [5, 5.41) is 6.55. The maximum atomic E-state index is 5.10. The number of nitrogens with one attached hydrogen (secondary N) is 2. The second-order valence-corrected chi connectivity index (χ2v) is 4.48. The van der Waals surface area contributed by atoms with E-state index in [-0.39, 0.29) is 0 Å². The Morgan fingerprint density at radius 3 is 3.00 bits per heavy atom. The van der Waals surface area contributed by atoms with Crippen molar-refractivity contribution in [2.75, 3.05) is 25.6 Å². The number of aryl methyl sites for hydroxylation is 1. The van der Waals surface area contributed by atoms with E-state index in [0.717, 1.165) is 10.0 Å². The summed E-state index contributed by atoms with van der Waals surface area (Å²) in [7, 11) is 1.65. The number of ether oxygens (including phenoxy) is 1. The molecule has 6 heteroatoms. The van der Waals surface area contributed by atoms with E-state index in [2.05, 4.69) is 31.5 Å². The summed E-state index contributed by atoms with van der Waals surface area (Å²) in [6.07, 6.45) is 1.78. The third-order valence-electron chi connectivity index (χ3n) is 1.80. The zero-order valence-corrected chi connectivity index (χ0v) is 11.6. The van der Waals surface area contributed by atoms with Gasteiger partial charge in [0, 0.05) is 19.9 Å². The highest BCUT2D eigenvalue weighted by Crippen LogP contribution is 2.20. The molecule has 0 atom stereocenters. The number of rotatable bonds is 4. The molecule has 0 saturated heterocycles. The summed E-state index contributed by atoms with van der Waals surface area (Å²) in [6.45, 7) is 3.27. The van der Waals surface area contributed by atoms with Gasteiger partial charge in [-0.05, 0) is 46.7 Å². The first-order valence-corrected chi connectivity index (χ1v) is 5.99. The normalized spacial score (nSPS) is 9.94. The lowest BCUT2D eigenvalue weighted by atomic mass is 10.3. The maximum absolute atomic E-state index is 5.10. The summed E-state index contributed by atoms with van der Waals surface area (Å²) in [6, 6.07) is 1.98. The predicted octanol–water partition coefficient (Wildman–Crippen LogP) is 2.09. The van der Waals surface area contributed by atoms with Crippen molar-refractivity contribution in [3.8, 4) is 0 Å². The van der Waals surface area contributed by atoms with Crippen LogP contribution in [0.5, 0.6) is 0 Å². The molecule has 1 heterocycles. The highest BCUT2D eigenvalue weighted by molar-refractivity contribution is 9.10. The molecule has 0 amide bonds. The van der Waals surface area contributed by atoms with Crippen molar-refractivity contribution in [2.24, 2.45) is 0 Å². The Kier molecular flexibility index (Phi) is 5.65. The second-order valence-electron chi connectivity index (χ2n) is 3.22. The number of anilines is 1. The fourth-order valence-electron chi connectivity index (χ4n) is 1.04. The third-order valence-corrected chi connectivity index (χ3v) is 2.65. The molecule has 0 aliphatic carbocycles. The van der Waals surface area contributed by atoms with Crippen molar-refractivity contribution in [1.82, 2.24) is 10.3 Å². The van der Waals surface area contributed by atoms with Crippen LogP contribution in [0.4, 0.5) is 5.82 Å². The SMILES string of the molecule is COCCNC(=S)Nc1ncc(C)cc1Br. The third kappa shape index (κ3) is 4.42. The average Bonchev–Trinajstić information content (AvgIpc) is 2.23. The number of pyridine rings is 1. The number of nitrogens with zero attached hydrogens (tertiary/aromatic N) is 1. The van der Waals surface area contributed by atoms with Gasteiger partial charge in [-0.1, -0.05) is 0 Å². The van der Waals surface area contributed by atoms with Gasteiger partial charge >= 0.3 is 0 Å². The van der Waals surface area contributed by atoms with Crippen LogP contribution >= 0.6 is 28.1 Å². The van der Waals surface area contributed by atoms with Gasteiger partial charge in [-0.2, -0.15) is 0 Å². The first-order chi connectivity index (χ1) is 7.63. The Labute approximate surface area is 109 Å². The van der Waals surface area contributed by atoms with Crippen LogP contribution in [0.25, 0.3) is 0 Å². The number of halogens is 1. The number of hydrogen-bond acceptors (Lipinski definition) is 3. The van der Waals surface area contributed by atoms with Gasteiger partial charge in [0.25, 0.3) is 0 Å². The molecule has 0 unspecified atom stereocenters. The Morgan fingerprint density at radius 1 is 1.62 bits per heavy atom. The van der Waals surface area contributed by atoms with Crippen molar-refractivity contribution < 1.29 is 4.74 Å². The Bertz CT molecular complexity index is 373. The van der Waals surface area contributed by atoms with Gasteiger partial charge < -0.3 is 15.4 Å². The van der Waals surface area contributed by atoms with Gasteiger partial charge in [0.1, 0.15) is 5.82 Å². The van der Waals surface area contributed by atoms with E-state index in [1.54, 1.807) is 13.3 Å². The lowest BCUT2D eigenvalue weighted by Crippen LogP contribution is -2.31. The molecule has 4 nitrogen and oxygen atoms in total. The largest absolute Gasteiger partial charge is 0.383 e. The molecule has 88 valence electrons. The summed E-state index contributed by atoms with van der Waals surface area (Å²) in [4.78, 5) is 4.23. The smallest absolute Gasteiger partial charge is 0.172 e. The number of thiocarbonyl (C=S) groups is 1. The van der Waals surface area contributed by atoms with Crippen molar-refractivity contribution >= 4 is 39.1 Å². The van der Waals surface area contributed by atoms with Gasteiger partial charge in [0.15, 0.2) is 5.11 Å². The topological polar surface area (TPSA) is 46.2 Å². The van der Waals surface area contributed by atoms with E-state index in [0.29, 0.717) is 24.1 Å². The Hall–Kier alpha value is -0.720. The molecule has 0 fully saturated rings. The minimum atomic E-state index is 0.536. The quantitative estimate of drug-likeness (QED) is 0.659. The van der Waals surface area contributed by atoms with Gasteiger partial charge in [0.05, 0.1) is 11.1 Å². The molecule has 0 aliphatic heterocycles. The molecule has 0 bridgehead atoms. The van der Waals surface area contributed by atoms with Crippen LogP contribution in [-0.4, -0.2) is 30.4 Å². The number of hydrogen-bond donors (Lipinski definition) is 2. The van der Waals surface area contributed by atoms with Crippen LogP contribution in [0.1, 0.15) is 5.56 Å². The lowest BCUT2D eigenvalue weighted by Gasteiger charge is -2.10. The molecule has 1 aromatic heterocycles. The molecule has 0 saturated carbocycles. The highest BCUT2D eigenvalue weighted by Gasteiger charge is 2.03. The first kappa shape index (κ1) is 13.3. The molecular formula is C10H14BrN3OS. The van der Waals surface area contributed by atoms with E-state index >= 15 is 0 Å². The van der Waals surface area contributed by atoms with Gasteiger partial charge in [-0.3, -0.25) is 0 Å². The summed E-state index contributed by atoms with van der Waals surface area (Å²) >= 11 is 8.52. The molecule has 1 rings (SSSR count). The minimum absolute atomic E-state index is 0.536. The molecule has 0 radical (unpaired) electrons. The van der Waals surface area contributed by atoms with Crippen LogP contribution in [0.2, 0.25) is 0 Å². The first-order valence-electron chi connectivity index (χ1n) is 4.79. The highest BCUT2D eigenvalue weighted by atomic mass is 79.9. The van der Waals surface area contributed by atoms with Gasteiger partial charge in [-0.25, -0.2) is 4.98 Å². The van der Waals surface area contributed by atoms with Crippen LogP contribution in [0.3, 0.4) is 0 Å². The molecule has 16 heavy (non-hydrogen) atoms. The molecule has 0 spiro atoms. The van der Waals surface area contributed by atoms with Crippen molar-refractivity contribution in [3.63, 3.8) is 0 Å². The van der Waals surface area contributed by atoms with E-state index < -0.39 is 0 Å². The molecular weight excluding hydrogens is 290 g/mol. The van der Waals surface area contributed by atoms with Crippen LogP contribution in [-0.2, 0) is 4.74 Å². The van der Waals surface area contributed by atoms with E-state index in [1.165, 1.54) is 0 Å². The molecule has 0 aromatic carbocycles. The number of methoxy groups -OCH3 is 1. The summed E-state index contributed by atoms with van der Waals surface area (Å²) in [5.74, 6) is 0.709. The van der Waals surface area contributed by atoms with Gasteiger partial charge in [-0.15, -0.1) is 0 Å².